The summed E-state index contributed by atoms with van der Waals surface area (Å²) in [6.07, 6.45) is -7.34. The third kappa shape index (κ3) is 4.37. The Morgan fingerprint density at radius 1 is 1.25 bits per heavy atom. The predicted molar refractivity (Wildman–Crippen MR) is 65.6 cm³/mol. The van der Waals surface area contributed by atoms with Gasteiger partial charge < -0.3 is 34.6 Å². The van der Waals surface area contributed by atoms with Gasteiger partial charge in [0, 0.05) is 0 Å². The van der Waals surface area contributed by atoms with Crippen molar-refractivity contribution in [3.8, 4) is 0 Å². The number of aliphatic hydroxyl groups is 4. The first-order valence-electron chi connectivity index (χ1n) is 6.52. The van der Waals surface area contributed by atoms with Crippen LogP contribution >= 0.6 is 0 Å². The number of hydrogen-bond donors (Lipinski definition) is 4. The van der Waals surface area contributed by atoms with Gasteiger partial charge in [0.25, 0.3) is 0 Å². The summed E-state index contributed by atoms with van der Waals surface area (Å²) in [6, 6.07) is 0. The Morgan fingerprint density at radius 2 is 1.90 bits per heavy atom. The summed E-state index contributed by atoms with van der Waals surface area (Å²) in [7, 11) is 0. The number of esters is 1. The maximum atomic E-state index is 11.3. The molecule has 0 aliphatic carbocycles. The Kier molecular flexibility index (Phi) is 6.80. The second-order valence-electron chi connectivity index (χ2n) is 4.65. The van der Waals surface area contributed by atoms with Gasteiger partial charge in [0.2, 0.25) is 0 Å². The van der Waals surface area contributed by atoms with Crippen molar-refractivity contribution in [2.45, 2.75) is 57.1 Å². The maximum absolute atomic E-state index is 11.3. The number of aliphatic hydroxyl groups excluding tert-OH is 4. The number of carbonyl (C=O) groups excluding carboxylic acids is 1. The summed E-state index contributed by atoms with van der Waals surface area (Å²) in [5.74, 6) is -0.454. The van der Waals surface area contributed by atoms with Crippen LogP contribution in [0.15, 0.2) is 0 Å². The molecule has 118 valence electrons. The van der Waals surface area contributed by atoms with Gasteiger partial charge in [-0.1, -0.05) is 0 Å². The quantitative estimate of drug-likeness (QED) is 0.420. The minimum Gasteiger partial charge on any atom is -0.466 e. The van der Waals surface area contributed by atoms with E-state index in [0.29, 0.717) is 0 Å². The van der Waals surface area contributed by atoms with E-state index in [-0.39, 0.29) is 13.0 Å². The average molecular weight is 294 g/mol. The number of rotatable bonds is 6. The molecule has 1 aliphatic rings. The topological polar surface area (TPSA) is 126 Å². The van der Waals surface area contributed by atoms with Gasteiger partial charge in [-0.25, -0.2) is 0 Å². The van der Waals surface area contributed by atoms with Gasteiger partial charge in [0.05, 0.1) is 25.7 Å². The molecule has 0 bridgehead atoms. The molecule has 0 radical (unpaired) electrons. The van der Waals surface area contributed by atoms with E-state index in [1.165, 1.54) is 0 Å². The largest absolute Gasteiger partial charge is 0.466 e. The van der Waals surface area contributed by atoms with Gasteiger partial charge in [-0.15, -0.1) is 0 Å². The molecule has 8 heteroatoms. The summed E-state index contributed by atoms with van der Waals surface area (Å²) in [5.41, 5.74) is 0. The van der Waals surface area contributed by atoms with Crippen LogP contribution in [0.25, 0.3) is 0 Å². The van der Waals surface area contributed by atoms with Gasteiger partial charge >= 0.3 is 5.97 Å². The third-order valence-corrected chi connectivity index (χ3v) is 2.97. The Balaban J connectivity index is 2.55. The standard InChI is InChI=1S/C12H22O8/c1-3-18-8(14)4-6(2)19-12-11(17)10(16)9(15)7(5-13)20-12/h6-7,9-13,15-17H,3-5H2,1-2H3/t6?,7?,9-,10+,11?,12+/m1/s1. The van der Waals surface area contributed by atoms with E-state index in [1.54, 1.807) is 13.8 Å². The maximum Gasteiger partial charge on any atom is 0.308 e. The summed E-state index contributed by atoms with van der Waals surface area (Å²) in [5, 5.41) is 38.0. The van der Waals surface area contributed by atoms with Crippen molar-refractivity contribution in [3.05, 3.63) is 0 Å². The molecule has 0 spiro atoms. The molecule has 0 aromatic heterocycles. The van der Waals surface area contributed by atoms with Crippen molar-refractivity contribution in [2.75, 3.05) is 13.2 Å². The second-order valence-corrected chi connectivity index (χ2v) is 4.65. The van der Waals surface area contributed by atoms with Gasteiger partial charge in [-0.05, 0) is 13.8 Å². The van der Waals surface area contributed by atoms with Crippen molar-refractivity contribution >= 4 is 5.97 Å². The lowest BCUT2D eigenvalue weighted by molar-refractivity contribution is -0.310. The minimum absolute atomic E-state index is 0.0388. The van der Waals surface area contributed by atoms with Crippen molar-refractivity contribution in [3.63, 3.8) is 0 Å². The molecule has 0 saturated carbocycles. The molecular formula is C12H22O8. The first kappa shape index (κ1) is 17.3. The zero-order valence-electron chi connectivity index (χ0n) is 11.5. The first-order valence-corrected chi connectivity index (χ1v) is 6.52. The van der Waals surface area contributed by atoms with Gasteiger partial charge in [0.1, 0.15) is 24.4 Å². The van der Waals surface area contributed by atoms with E-state index in [9.17, 15) is 20.1 Å². The highest BCUT2D eigenvalue weighted by atomic mass is 16.7. The summed E-state index contributed by atoms with van der Waals surface area (Å²) in [4.78, 5) is 11.3. The van der Waals surface area contributed by atoms with Crippen molar-refractivity contribution in [2.24, 2.45) is 0 Å². The fourth-order valence-electron chi connectivity index (χ4n) is 1.91. The molecule has 8 nitrogen and oxygen atoms in total. The highest BCUT2D eigenvalue weighted by molar-refractivity contribution is 5.69. The Bertz CT molecular complexity index is 308. The molecule has 6 atom stereocenters. The normalized spacial score (nSPS) is 35.6. The molecule has 1 rings (SSSR count). The number of carbonyl (C=O) groups is 1. The van der Waals surface area contributed by atoms with Crippen molar-refractivity contribution in [1.29, 1.82) is 0 Å². The van der Waals surface area contributed by atoms with Crippen LogP contribution in [-0.2, 0) is 19.0 Å². The Morgan fingerprint density at radius 3 is 2.45 bits per heavy atom. The molecule has 0 aromatic carbocycles. The van der Waals surface area contributed by atoms with Gasteiger partial charge in [0.15, 0.2) is 6.29 Å². The molecule has 1 heterocycles. The van der Waals surface area contributed by atoms with Crippen LogP contribution in [0.3, 0.4) is 0 Å². The molecular weight excluding hydrogens is 272 g/mol. The van der Waals surface area contributed by atoms with Gasteiger partial charge in [-0.2, -0.15) is 0 Å². The Hall–Kier alpha value is -0.770. The SMILES string of the molecule is CCOC(=O)CC(C)O[C@H]1OC(CO)[C@@H](O)[C@H](O)C1O. The Labute approximate surface area is 116 Å². The second kappa shape index (κ2) is 7.87. The van der Waals surface area contributed by atoms with Crippen LogP contribution in [0.5, 0.6) is 0 Å². The zero-order chi connectivity index (χ0) is 15.3. The molecule has 0 aromatic rings. The van der Waals surface area contributed by atoms with E-state index < -0.39 is 49.4 Å². The molecule has 3 unspecified atom stereocenters. The van der Waals surface area contributed by atoms with Crippen LogP contribution in [0, 0.1) is 0 Å². The zero-order valence-corrected chi connectivity index (χ0v) is 11.5. The fourth-order valence-corrected chi connectivity index (χ4v) is 1.91. The van der Waals surface area contributed by atoms with Crippen LogP contribution in [0.4, 0.5) is 0 Å². The van der Waals surface area contributed by atoms with Crippen LogP contribution in [0.2, 0.25) is 0 Å². The molecule has 1 fully saturated rings. The van der Waals surface area contributed by atoms with Gasteiger partial charge in [-0.3, -0.25) is 4.79 Å². The van der Waals surface area contributed by atoms with Crippen molar-refractivity contribution < 1.29 is 39.4 Å². The minimum atomic E-state index is -1.50. The summed E-state index contributed by atoms with van der Waals surface area (Å²) >= 11 is 0. The fraction of sp³-hybridized carbons (Fsp3) is 0.917. The number of ether oxygens (including phenoxy) is 3. The smallest absolute Gasteiger partial charge is 0.308 e. The first-order chi connectivity index (χ1) is 9.40. The van der Waals surface area contributed by atoms with E-state index in [2.05, 4.69) is 0 Å². The van der Waals surface area contributed by atoms with E-state index in [0.717, 1.165) is 0 Å². The molecule has 20 heavy (non-hydrogen) atoms. The lowest BCUT2D eigenvalue weighted by atomic mass is 9.99. The lowest BCUT2D eigenvalue weighted by Crippen LogP contribution is -2.59. The van der Waals surface area contributed by atoms with E-state index in [1.807, 2.05) is 0 Å². The number of hydrogen-bond acceptors (Lipinski definition) is 8. The summed E-state index contributed by atoms with van der Waals surface area (Å²) < 4.78 is 15.2. The van der Waals surface area contributed by atoms with E-state index >= 15 is 0 Å². The van der Waals surface area contributed by atoms with Crippen LogP contribution in [-0.4, -0.2) is 76.4 Å². The molecule has 1 aliphatic heterocycles. The third-order valence-electron chi connectivity index (χ3n) is 2.97. The van der Waals surface area contributed by atoms with E-state index in [4.69, 9.17) is 19.3 Å². The van der Waals surface area contributed by atoms with Crippen LogP contribution < -0.4 is 0 Å². The van der Waals surface area contributed by atoms with Crippen molar-refractivity contribution in [1.82, 2.24) is 0 Å². The monoisotopic (exact) mass is 294 g/mol. The predicted octanol–water partition coefficient (Wildman–Crippen LogP) is -1.86. The highest BCUT2D eigenvalue weighted by Gasteiger charge is 2.44. The van der Waals surface area contributed by atoms with Crippen LogP contribution in [0.1, 0.15) is 20.3 Å². The molecule has 4 N–H and O–H groups in total. The lowest BCUT2D eigenvalue weighted by Gasteiger charge is -2.40. The molecule has 1 saturated heterocycles. The highest BCUT2D eigenvalue weighted by Crippen LogP contribution is 2.23. The molecule has 0 amide bonds. The average Bonchev–Trinajstić information content (AvgIpc) is 2.39. The summed E-state index contributed by atoms with van der Waals surface area (Å²) in [6.45, 7) is 2.99.